The highest BCUT2D eigenvalue weighted by Crippen LogP contribution is 2.17. The zero-order valence-electron chi connectivity index (χ0n) is 13.4. The molecule has 0 bridgehead atoms. The number of aromatic amines is 1. The molecule has 1 N–H and O–H groups in total. The molecule has 3 rings (SSSR count). The highest BCUT2D eigenvalue weighted by molar-refractivity contribution is 5.94. The summed E-state index contributed by atoms with van der Waals surface area (Å²) in [5, 5.41) is 7.61. The summed E-state index contributed by atoms with van der Waals surface area (Å²) in [5.74, 6) is -0.731. The number of ether oxygens (including phenoxy) is 1. The van der Waals surface area contributed by atoms with Gasteiger partial charge >= 0.3 is 0 Å². The molecule has 6 nitrogen and oxygen atoms in total. The Morgan fingerprint density at radius 3 is 2.96 bits per heavy atom. The van der Waals surface area contributed by atoms with E-state index in [-0.39, 0.29) is 17.1 Å². The number of halogens is 1. The maximum absolute atomic E-state index is 13.8. The van der Waals surface area contributed by atoms with Gasteiger partial charge in [-0.15, -0.1) is 0 Å². The van der Waals surface area contributed by atoms with E-state index in [2.05, 4.69) is 15.2 Å². The Labute approximate surface area is 138 Å². The number of H-pyrrole nitrogens is 1. The lowest BCUT2D eigenvalue weighted by Gasteiger charge is -2.15. The fourth-order valence-electron chi connectivity index (χ4n) is 2.46. The van der Waals surface area contributed by atoms with E-state index in [1.807, 2.05) is 6.07 Å². The normalized spacial score (nSPS) is 11.0. The first-order valence-corrected chi connectivity index (χ1v) is 7.41. The number of rotatable bonds is 5. The first-order chi connectivity index (χ1) is 11.6. The van der Waals surface area contributed by atoms with Gasteiger partial charge in [0, 0.05) is 19.5 Å². The molecule has 0 atom stereocenters. The summed E-state index contributed by atoms with van der Waals surface area (Å²) < 4.78 is 18.8. The number of amides is 1. The van der Waals surface area contributed by atoms with Crippen LogP contribution in [-0.2, 0) is 17.9 Å². The SMILES string of the molecule is COCc1cc(CN(C)C(=O)c2ccc3cccc(F)c3n2)[nH]n1. The molecular weight excluding hydrogens is 311 g/mol. The fraction of sp³-hybridized carbons (Fsp3) is 0.235. The Morgan fingerprint density at radius 2 is 2.17 bits per heavy atom. The summed E-state index contributed by atoms with van der Waals surface area (Å²) in [6.07, 6.45) is 0. The standard InChI is InChI=1S/C17H17FN4O2/c1-22(9-12-8-13(10-24-2)21-20-12)17(23)15-7-6-11-4-3-5-14(18)16(11)19-15/h3-8H,9-10H2,1-2H3,(H,20,21). The van der Waals surface area contributed by atoms with Crippen LogP contribution in [0.1, 0.15) is 21.9 Å². The third kappa shape index (κ3) is 3.26. The van der Waals surface area contributed by atoms with Crippen LogP contribution in [0, 0.1) is 5.82 Å². The van der Waals surface area contributed by atoms with Gasteiger partial charge in [0.25, 0.3) is 5.91 Å². The number of fused-ring (bicyclic) bond motifs is 1. The predicted octanol–water partition coefficient (Wildman–Crippen LogP) is 2.52. The molecular formula is C17H17FN4O2. The minimum Gasteiger partial charge on any atom is -0.378 e. The molecule has 0 unspecified atom stereocenters. The van der Waals surface area contributed by atoms with Crippen molar-refractivity contribution in [2.75, 3.05) is 14.2 Å². The van der Waals surface area contributed by atoms with Crippen LogP contribution in [0.2, 0.25) is 0 Å². The number of nitrogens with one attached hydrogen (secondary N) is 1. The summed E-state index contributed by atoms with van der Waals surface area (Å²) >= 11 is 0. The largest absolute Gasteiger partial charge is 0.378 e. The van der Waals surface area contributed by atoms with Crippen molar-refractivity contribution < 1.29 is 13.9 Å². The van der Waals surface area contributed by atoms with E-state index in [0.717, 1.165) is 11.4 Å². The van der Waals surface area contributed by atoms with Gasteiger partial charge in [-0.05, 0) is 18.2 Å². The molecule has 124 valence electrons. The van der Waals surface area contributed by atoms with Crippen LogP contribution in [0.3, 0.4) is 0 Å². The number of carbonyl (C=O) groups is 1. The van der Waals surface area contributed by atoms with Crippen LogP contribution in [-0.4, -0.2) is 40.1 Å². The van der Waals surface area contributed by atoms with Crippen LogP contribution in [0.4, 0.5) is 4.39 Å². The summed E-state index contributed by atoms with van der Waals surface area (Å²) in [6.45, 7) is 0.742. The molecule has 0 saturated carbocycles. The molecule has 0 saturated heterocycles. The van der Waals surface area contributed by atoms with Gasteiger partial charge in [0.1, 0.15) is 17.0 Å². The Morgan fingerprint density at radius 1 is 1.33 bits per heavy atom. The molecule has 7 heteroatoms. The summed E-state index contributed by atoms with van der Waals surface area (Å²) in [5.41, 5.74) is 1.94. The highest BCUT2D eigenvalue weighted by Gasteiger charge is 2.16. The summed E-state index contributed by atoms with van der Waals surface area (Å²) in [6, 6.07) is 9.83. The Hall–Kier alpha value is -2.80. The highest BCUT2D eigenvalue weighted by atomic mass is 19.1. The van der Waals surface area contributed by atoms with Gasteiger partial charge in [0.05, 0.1) is 24.5 Å². The molecule has 1 aromatic carbocycles. The Kier molecular flexibility index (Phi) is 4.52. The Bertz CT molecular complexity index is 878. The minimum absolute atomic E-state index is 0.195. The molecule has 0 fully saturated rings. The van der Waals surface area contributed by atoms with E-state index in [1.165, 1.54) is 11.0 Å². The average molecular weight is 328 g/mol. The number of nitrogens with zero attached hydrogens (tertiary/aromatic N) is 3. The number of methoxy groups -OCH3 is 1. The van der Waals surface area contributed by atoms with Crippen molar-refractivity contribution in [1.29, 1.82) is 0 Å². The predicted molar refractivity (Wildman–Crippen MR) is 86.8 cm³/mol. The lowest BCUT2D eigenvalue weighted by Crippen LogP contribution is -2.27. The second kappa shape index (κ2) is 6.76. The van der Waals surface area contributed by atoms with Gasteiger partial charge in [-0.25, -0.2) is 9.37 Å². The second-order valence-electron chi connectivity index (χ2n) is 5.49. The van der Waals surface area contributed by atoms with Gasteiger partial charge in [-0.3, -0.25) is 9.89 Å². The number of para-hydroxylation sites is 1. The third-order valence-corrected chi connectivity index (χ3v) is 3.62. The van der Waals surface area contributed by atoms with E-state index < -0.39 is 5.82 Å². The molecule has 0 radical (unpaired) electrons. The molecule has 2 heterocycles. The number of pyridine rings is 1. The molecule has 0 aliphatic carbocycles. The molecule has 0 spiro atoms. The van der Waals surface area contributed by atoms with Crippen molar-refractivity contribution in [2.45, 2.75) is 13.2 Å². The monoisotopic (exact) mass is 328 g/mol. The van der Waals surface area contributed by atoms with E-state index in [4.69, 9.17) is 4.74 Å². The van der Waals surface area contributed by atoms with Crippen LogP contribution < -0.4 is 0 Å². The molecule has 0 aliphatic rings. The number of aromatic nitrogens is 3. The lowest BCUT2D eigenvalue weighted by molar-refractivity contribution is 0.0778. The van der Waals surface area contributed by atoms with Crippen LogP contribution >= 0.6 is 0 Å². The van der Waals surface area contributed by atoms with Gasteiger partial charge in [-0.1, -0.05) is 18.2 Å². The number of carbonyl (C=O) groups excluding carboxylic acids is 1. The zero-order chi connectivity index (χ0) is 17.1. The quantitative estimate of drug-likeness (QED) is 0.781. The van der Waals surface area contributed by atoms with E-state index in [1.54, 1.807) is 38.4 Å². The maximum atomic E-state index is 13.8. The van der Waals surface area contributed by atoms with Crippen molar-refractivity contribution in [3.8, 4) is 0 Å². The topological polar surface area (TPSA) is 71.1 Å². The van der Waals surface area contributed by atoms with Crippen molar-refractivity contribution in [3.05, 3.63) is 59.3 Å². The first-order valence-electron chi connectivity index (χ1n) is 7.41. The van der Waals surface area contributed by atoms with Gasteiger partial charge in [0.15, 0.2) is 0 Å². The molecule has 2 aromatic heterocycles. The molecule has 24 heavy (non-hydrogen) atoms. The van der Waals surface area contributed by atoms with E-state index in [0.29, 0.717) is 18.5 Å². The lowest BCUT2D eigenvalue weighted by atomic mass is 10.2. The van der Waals surface area contributed by atoms with Gasteiger partial charge < -0.3 is 9.64 Å². The number of hydrogen-bond acceptors (Lipinski definition) is 4. The van der Waals surface area contributed by atoms with Gasteiger partial charge in [-0.2, -0.15) is 5.10 Å². The Balaban J connectivity index is 1.78. The summed E-state index contributed by atoms with van der Waals surface area (Å²) in [4.78, 5) is 18.2. The van der Waals surface area contributed by atoms with E-state index in [9.17, 15) is 9.18 Å². The van der Waals surface area contributed by atoms with Crippen molar-refractivity contribution in [3.63, 3.8) is 0 Å². The molecule has 0 aliphatic heterocycles. The fourth-order valence-corrected chi connectivity index (χ4v) is 2.46. The number of benzene rings is 1. The molecule has 1 amide bonds. The second-order valence-corrected chi connectivity index (χ2v) is 5.49. The van der Waals surface area contributed by atoms with Crippen molar-refractivity contribution in [1.82, 2.24) is 20.1 Å². The smallest absolute Gasteiger partial charge is 0.272 e. The van der Waals surface area contributed by atoms with E-state index >= 15 is 0 Å². The third-order valence-electron chi connectivity index (χ3n) is 3.62. The van der Waals surface area contributed by atoms with Crippen molar-refractivity contribution >= 4 is 16.8 Å². The number of hydrogen-bond donors (Lipinski definition) is 1. The maximum Gasteiger partial charge on any atom is 0.272 e. The van der Waals surface area contributed by atoms with Gasteiger partial charge in [0.2, 0.25) is 0 Å². The average Bonchev–Trinajstić information content (AvgIpc) is 3.01. The van der Waals surface area contributed by atoms with Crippen LogP contribution in [0.5, 0.6) is 0 Å². The minimum atomic E-state index is -0.442. The van der Waals surface area contributed by atoms with Crippen LogP contribution in [0.25, 0.3) is 10.9 Å². The summed E-state index contributed by atoms with van der Waals surface area (Å²) in [7, 11) is 3.25. The molecule has 3 aromatic rings. The van der Waals surface area contributed by atoms with Crippen molar-refractivity contribution in [2.24, 2.45) is 0 Å². The first kappa shape index (κ1) is 16.1. The van der Waals surface area contributed by atoms with Crippen LogP contribution in [0.15, 0.2) is 36.4 Å². The zero-order valence-corrected chi connectivity index (χ0v) is 13.4.